The predicted octanol–water partition coefficient (Wildman–Crippen LogP) is 3.22. The van der Waals surface area contributed by atoms with Crippen LogP contribution in [0.25, 0.3) is 16.9 Å². The van der Waals surface area contributed by atoms with Crippen molar-refractivity contribution < 1.29 is 18.7 Å². The molecule has 116 valence electrons. The maximum Gasteiger partial charge on any atom is 0.358 e. The fourth-order valence-electron chi connectivity index (χ4n) is 2.27. The van der Waals surface area contributed by atoms with E-state index >= 15 is 0 Å². The fraction of sp³-hybridized carbons (Fsp3) is 0.0625. The minimum absolute atomic E-state index is 0.0852. The zero-order valence-corrected chi connectivity index (χ0v) is 12.0. The summed E-state index contributed by atoms with van der Waals surface area (Å²) in [5.41, 5.74) is 1.43. The van der Waals surface area contributed by atoms with E-state index in [2.05, 4.69) is 10.3 Å². The van der Waals surface area contributed by atoms with Crippen LogP contribution in [0.4, 0.5) is 8.78 Å². The third kappa shape index (κ3) is 2.68. The lowest BCUT2D eigenvalue weighted by molar-refractivity contribution is 0.0691. The van der Waals surface area contributed by atoms with Crippen LogP contribution < -0.4 is 0 Å². The minimum Gasteiger partial charge on any atom is -0.476 e. The SMILES string of the molecule is Cc1cccc(-n2nnc(C(=O)O)c2-c2ccc(F)c(F)c2)c1. The van der Waals surface area contributed by atoms with Crippen molar-refractivity contribution >= 4 is 5.97 Å². The number of carboxylic acids is 1. The molecule has 0 saturated carbocycles. The average molecular weight is 315 g/mol. The predicted molar refractivity (Wildman–Crippen MR) is 78.4 cm³/mol. The molecule has 0 radical (unpaired) electrons. The number of rotatable bonds is 3. The monoisotopic (exact) mass is 315 g/mol. The Morgan fingerprint density at radius 2 is 1.91 bits per heavy atom. The van der Waals surface area contributed by atoms with Gasteiger partial charge in [-0.25, -0.2) is 18.3 Å². The van der Waals surface area contributed by atoms with Crippen molar-refractivity contribution in [1.29, 1.82) is 0 Å². The van der Waals surface area contributed by atoms with Crippen LogP contribution in [0.3, 0.4) is 0 Å². The first-order chi connectivity index (χ1) is 11.0. The van der Waals surface area contributed by atoms with E-state index in [0.717, 1.165) is 17.7 Å². The third-order valence-electron chi connectivity index (χ3n) is 3.31. The Hall–Kier alpha value is -3.09. The Bertz CT molecular complexity index is 906. The van der Waals surface area contributed by atoms with Crippen LogP contribution in [0, 0.1) is 18.6 Å². The van der Waals surface area contributed by atoms with Crippen LogP contribution in [0.1, 0.15) is 16.1 Å². The van der Waals surface area contributed by atoms with Crippen LogP contribution in [-0.4, -0.2) is 26.1 Å². The lowest BCUT2D eigenvalue weighted by Crippen LogP contribution is -2.04. The molecular weight excluding hydrogens is 304 g/mol. The molecule has 0 atom stereocenters. The molecule has 1 aromatic heterocycles. The lowest BCUT2D eigenvalue weighted by atomic mass is 10.1. The zero-order chi connectivity index (χ0) is 16.6. The number of aromatic carboxylic acids is 1. The van der Waals surface area contributed by atoms with Gasteiger partial charge in [0.05, 0.1) is 5.69 Å². The average Bonchev–Trinajstić information content (AvgIpc) is 2.95. The maximum atomic E-state index is 13.5. The Kier molecular flexibility index (Phi) is 3.61. The number of aryl methyl sites for hydroxylation is 1. The smallest absolute Gasteiger partial charge is 0.358 e. The van der Waals surface area contributed by atoms with Crippen LogP contribution >= 0.6 is 0 Å². The maximum absolute atomic E-state index is 13.5. The van der Waals surface area contributed by atoms with Gasteiger partial charge in [0, 0.05) is 5.56 Å². The first kappa shape index (κ1) is 14.8. The van der Waals surface area contributed by atoms with E-state index in [9.17, 15) is 18.7 Å². The molecule has 0 fully saturated rings. The van der Waals surface area contributed by atoms with E-state index in [1.807, 2.05) is 13.0 Å². The first-order valence-electron chi connectivity index (χ1n) is 6.69. The van der Waals surface area contributed by atoms with E-state index in [4.69, 9.17) is 0 Å². The summed E-state index contributed by atoms with van der Waals surface area (Å²) in [4.78, 5) is 11.4. The van der Waals surface area contributed by atoms with E-state index in [0.29, 0.717) is 5.69 Å². The molecule has 0 aliphatic rings. The molecule has 0 unspecified atom stereocenters. The van der Waals surface area contributed by atoms with Crippen LogP contribution in [0.5, 0.6) is 0 Å². The molecule has 1 heterocycles. The summed E-state index contributed by atoms with van der Waals surface area (Å²) >= 11 is 0. The molecule has 1 N–H and O–H groups in total. The van der Waals surface area contributed by atoms with E-state index in [1.54, 1.807) is 18.2 Å². The molecule has 0 amide bonds. The molecule has 3 rings (SSSR count). The molecule has 0 spiro atoms. The number of benzene rings is 2. The number of nitrogens with zero attached hydrogens (tertiary/aromatic N) is 3. The quantitative estimate of drug-likeness (QED) is 0.806. The van der Waals surface area contributed by atoms with Crippen molar-refractivity contribution in [2.75, 3.05) is 0 Å². The molecule has 0 aliphatic carbocycles. The van der Waals surface area contributed by atoms with Crippen LogP contribution in [0.2, 0.25) is 0 Å². The Morgan fingerprint density at radius 3 is 2.57 bits per heavy atom. The molecule has 0 bridgehead atoms. The van der Waals surface area contributed by atoms with Gasteiger partial charge in [-0.2, -0.15) is 0 Å². The highest BCUT2D eigenvalue weighted by Gasteiger charge is 2.22. The van der Waals surface area contributed by atoms with Gasteiger partial charge in [-0.3, -0.25) is 0 Å². The number of hydrogen-bond donors (Lipinski definition) is 1. The summed E-state index contributed by atoms with van der Waals surface area (Å²) in [6, 6.07) is 10.3. The summed E-state index contributed by atoms with van der Waals surface area (Å²) < 4.78 is 28.0. The molecule has 7 heteroatoms. The number of hydrogen-bond acceptors (Lipinski definition) is 3. The normalized spacial score (nSPS) is 10.7. The van der Waals surface area contributed by atoms with Crippen LogP contribution in [0.15, 0.2) is 42.5 Å². The van der Waals surface area contributed by atoms with Gasteiger partial charge < -0.3 is 5.11 Å². The van der Waals surface area contributed by atoms with Gasteiger partial charge in [0.15, 0.2) is 17.3 Å². The molecule has 23 heavy (non-hydrogen) atoms. The summed E-state index contributed by atoms with van der Waals surface area (Å²) in [7, 11) is 0. The largest absolute Gasteiger partial charge is 0.476 e. The first-order valence-corrected chi connectivity index (χ1v) is 6.69. The molecule has 5 nitrogen and oxygen atoms in total. The second-order valence-corrected chi connectivity index (χ2v) is 4.97. The number of halogens is 2. The molecule has 2 aromatic carbocycles. The Labute approximate surface area is 129 Å². The Balaban J connectivity index is 2.26. The summed E-state index contributed by atoms with van der Waals surface area (Å²) in [6.07, 6.45) is 0. The van der Waals surface area contributed by atoms with Gasteiger partial charge in [-0.15, -0.1) is 5.10 Å². The molecular formula is C16H11F2N3O2. The van der Waals surface area contributed by atoms with E-state index < -0.39 is 17.6 Å². The van der Waals surface area contributed by atoms with Crippen LogP contribution in [-0.2, 0) is 0 Å². The van der Waals surface area contributed by atoms with E-state index in [1.165, 1.54) is 10.7 Å². The van der Waals surface area contributed by atoms with E-state index in [-0.39, 0.29) is 17.0 Å². The van der Waals surface area contributed by atoms with Gasteiger partial charge in [-0.1, -0.05) is 17.3 Å². The molecule has 0 aliphatic heterocycles. The number of carbonyl (C=O) groups is 1. The summed E-state index contributed by atoms with van der Waals surface area (Å²) in [5, 5.41) is 16.8. The number of carboxylic acid groups (broad SMARTS) is 1. The summed E-state index contributed by atoms with van der Waals surface area (Å²) in [6.45, 7) is 1.87. The Morgan fingerprint density at radius 1 is 1.13 bits per heavy atom. The highest BCUT2D eigenvalue weighted by atomic mass is 19.2. The van der Waals surface area contributed by atoms with Crippen molar-refractivity contribution in [3.8, 4) is 16.9 Å². The molecule has 0 saturated heterocycles. The second-order valence-electron chi connectivity index (χ2n) is 4.97. The van der Waals surface area contributed by atoms with Gasteiger partial charge in [0.25, 0.3) is 0 Å². The molecule has 3 aromatic rings. The third-order valence-corrected chi connectivity index (χ3v) is 3.31. The lowest BCUT2D eigenvalue weighted by Gasteiger charge is -2.08. The van der Waals surface area contributed by atoms with Crippen molar-refractivity contribution in [2.45, 2.75) is 6.92 Å². The van der Waals surface area contributed by atoms with Gasteiger partial charge in [0.1, 0.15) is 5.69 Å². The van der Waals surface area contributed by atoms with Crippen molar-refractivity contribution in [3.05, 3.63) is 65.4 Å². The standard InChI is InChI=1S/C16H11F2N3O2/c1-9-3-2-4-11(7-9)21-15(14(16(22)23)19-20-21)10-5-6-12(17)13(18)8-10/h2-8H,1H3,(H,22,23). The fourth-order valence-corrected chi connectivity index (χ4v) is 2.27. The van der Waals surface area contributed by atoms with Gasteiger partial charge >= 0.3 is 5.97 Å². The van der Waals surface area contributed by atoms with Gasteiger partial charge in [-0.05, 0) is 42.8 Å². The van der Waals surface area contributed by atoms with Crippen molar-refractivity contribution in [3.63, 3.8) is 0 Å². The highest BCUT2D eigenvalue weighted by molar-refractivity contribution is 5.93. The van der Waals surface area contributed by atoms with Crippen molar-refractivity contribution in [1.82, 2.24) is 15.0 Å². The topological polar surface area (TPSA) is 68.0 Å². The zero-order valence-electron chi connectivity index (χ0n) is 12.0. The van der Waals surface area contributed by atoms with Gasteiger partial charge in [0.2, 0.25) is 0 Å². The minimum atomic E-state index is -1.30. The number of aromatic nitrogens is 3. The second kappa shape index (κ2) is 5.60. The highest BCUT2D eigenvalue weighted by Crippen LogP contribution is 2.27. The summed E-state index contributed by atoms with van der Waals surface area (Å²) in [5.74, 6) is -3.39. The van der Waals surface area contributed by atoms with Crippen molar-refractivity contribution in [2.24, 2.45) is 0 Å².